The lowest BCUT2D eigenvalue weighted by Crippen LogP contribution is -2.02. The van der Waals surface area contributed by atoms with Gasteiger partial charge in [-0.2, -0.15) is 0 Å². The van der Waals surface area contributed by atoms with E-state index in [1.807, 2.05) is 13.8 Å². The number of imidazole rings is 1. The van der Waals surface area contributed by atoms with Crippen LogP contribution in [0.2, 0.25) is 0 Å². The average Bonchev–Trinajstić information content (AvgIpc) is 2.43. The van der Waals surface area contributed by atoms with Crippen molar-refractivity contribution in [2.75, 3.05) is 0 Å². The van der Waals surface area contributed by atoms with Crippen LogP contribution in [0.25, 0.3) is 0 Å². The van der Waals surface area contributed by atoms with Crippen LogP contribution in [0.15, 0.2) is 18.7 Å². The summed E-state index contributed by atoms with van der Waals surface area (Å²) >= 11 is 0. The van der Waals surface area contributed by atoms with E-state index < -0.39 is 0 Å². The van der Waals surface area contributed by atoms with Gasteiger partial charge in [0.2, 0.25) is 0 Å². The van der Waals surface area contributed by atoms with Gasteiger partial charge < -0.3 is 4.57 Å². The Hall–Kier alpha value is -1.12. The van der Waals surface area contributed by atoms with Crippen molar-refractivity contribution >= 4 is 5.78 Å². The van der Waals surface area contributed by atoms with Gasteiger partial charge >= 0.3 is 0 Å². The molecule has 1 aromatic heterocycles. The van der Waals surface area contributed by atoms with Crippen LogP contribution < -0.4 is 0 Å². The van der Waals surface area contributed by atoms with E-state index >= 15 is 0 Å². The molecular formula is C8H14N2O. The van der Waals surface area contributed by atoms with Crippen LogP contribution in [-0.2, 0) is 11.3 Å². The number of nitrogens with zero attached hydrogens (tertiary/aromatic N) is 2. The van der Waals surface area contributed by atoms with Gasteiger partial charge in [0.25, 0.3) is 0 Å². The van der Waals surface area contributed by atoms with E-state index in [1.165, 1.54) is 0 Å². The Balaban J connectivity index is 0.000000461. The van der Waals surface area contributed by atoms with Crippen molar-refractivity contribution in [3.63, 3.8) is 0 Å². The number of carbonyl (C=O) groups excluding carboxylic acids is 1. The van der Waals surface area contributed by atoms with Gasteiger partial charge in [0.1, 0.15) is 5.78 Å². The molecule has 62 valence electrons. The second-order valence-electron chi connectivity index (χ2n) is 1.94. The summed E-state index contributed by atoms with van der Waals surface area (Å²) in [7, 11) is 0. The van der Waals surface area contributed by atoms with Gasteiger partial charge in [-0.1, -0.05) is 13.8 Å². The summed E-state index contributed by atoms with van der Waals surface area (Å²) in [5.41, 5.74) is 0. The number of ketones is 1. The molecule has 0 aliphatic carbocycles. The van der Waals surface area contributed by atoms with Gasteiger partial charge in [0, 0.05) is 12.4 Å². The SMILES string of the molecule is CC.CC(=O)Cn1ccnc1. The van der Waals surface area contributed by atoms with Gasteiger partial charge in [-0.15, -0.1) is 0 Å². The molecule has 0 bridgehead atoms. The zero-order valence-electron chi connectivity index (χ0n) is 7.24. The molecule has 0 aromatic carbocycles. The fraction of sp³-hybridized carbons (Fsp3) is 0.500. The largest absolute Gasteiger partial charge is 0.330 e. The molecule has 1 heterocycles. The van der Waals surface area contributed by atoms with Crippen molar-refractivity contribution in [1.82, 2.24) is 9.55 Å². The molecule has 0 fully saturated rings. The number of aromatic nitrogens is 2. The zero-order chi connectivity index (χ0) is 8.69. The maximum Gasteiger partial charge on any atom is 0.149 e. The predicted molar refractivity (Wildman–Crippen MR) is 44.3 cm³/mol. The maximum absolute atomic E-state index is 10.5. The van der Waals surface area contributed by atoms with Gasteiger partial charge in [-0.3, -0.25) is 4.79 Å². The molecule has 3 heteroatoms. The minimum Gasteiger partial charge on any atom is -0.330 e. The summed E-state index contributed by atoms with van der Waals surface area (Å²) in [5, 5.41) is 0. The lowest BCUT2D eigenvalue weighted by molar-refractivity contribution is -0.117. The highest BCUT2D eigenvalue weighted by molar-refractivity contribution is 5.75. The first-order chi connectivity index (χ1) is 5.29. The first-order valence-electron chi connectivity index (χ1n) is 3.74. The predicted octanol–water partition coefficient (Wildman–Crippen LogP) is 1.50. The first-order valence-corrected chi connectivity index (χ1v) is 3.74. The van der Waals surface area contributed by atoms with Crippen molar-refractivity contribution in [2.24, 2.45) is 0 Å². The van der Waals surface area contributed by atoms with E-state index in [4.69, 9.17) is 0 Å². The molecule has 11 heavy (non-hydrogen) atoms. The van der Waals surface area contributed by atoms with E-state index in [0.29, 0.717) is 6.54 Å². The standard InChI is InChI=1S/C6H8N2O.C2H6/c1-6(9)4-8-3-2-7-5-8;1-2/h2-3,5H,4H2,1H3;1-2H3. The van der Waals surface area contributed by atoms with Crippen LogP contribution in [0.5, 0.6) is 0 Å². The molecule has 0 unspecified atom stereocenters. The fourth-order valence-electron chi connectivity index (χ4n) is 0.637. The summed E-state index contributed by atoms with van der Waals surface area (Å²) < 4.78 is 1.74. The maximum atomic E-state index is 10.5. The third kappa shape index (κ3) is 4.31. The molecule has 0 N–H and O–H groups in total. The molecular weight excluding hydrogens is 140 g/mol. The van der Waals surface area contributed by atoms with Crippen molar-refractivity contribution in [1.29, 1.82) is 0 Å². The highest BCUT2D eigenvalue weighted by Gasteiger charge is 1.91. The van der Waals surface area contributed by atoms with Gasteiger partial charge in [-0.25, -0.2) is 4.98 Å². The third-order valence-corrected chi connectivity index (χ3v) is 0.964. The molecule has 0 amide bonds. The molecule has 1 rings (SSSR count). The Morgan fingerprint density at radius 2 is 2.18 bits per heavy atom. The van der Waals surface area contributed by atoms with E-state index in [1.54, 1.807) is 30.2 Å². The molecule has 0 saturated heterocycles. The lowest BCUT2D eigenvalue weighted by Gasteiger charge is -1.93. The van der Waals surface area contributed by atoms with Crippen LogP contribution in [-0.4, -0.2) is 15.3 Å². The smallest absolute Gasteiger partial charge is 0.149 e. The molecule has 1 aromatic rings. The summed E-state index contributed by atoms with van der Waals surface area (Å²) in [6, 6.07) is 0. The summed E-state index contributed by atoms with van der Waals surface area (Å²) in [6.07, 6.45) is 5.05. The highest BCUT2D eigenvalue weighted by Crippen LogP contribution is 1.84. The monoisotopic (exact) mass is 154 g/mol. The van der Waals surface area contributed by atoms with E-state index in [2.05, 4.69) is 4.98 Å². The molecule has 3 nitrogen and oxygen atoms in total. The lowest BCUT2D eigenvalue weighted by atomic mass is 10.4. The Morgan fingerprint density at radius 3 is 2.55 bits per heavy atom. The van der Waals surface area contributed by atoms with Crippen molar-refractivity contribution < 1.29 is 4.79 Å². The molecule has 0 atom stereocenters. The average molecular weight is 154 g/mol. The second kappa shape index (κ2) is 5.65. The highest BCUT2D eigenvalue weighted by atomic mass is 16.1. The molecule has 0 radical (unpaired) electrons. The zero-order valence-corrected chi connectivity index (χ0v) is 7.24. The summed E-state index contributed by atoms with van der Waals surface area (Å²) in [4.78, 5) is 14.2. The molecule has 0 aliphatic rings. The topological polar surface area (TPSA) is 34.9 Å². The fourth-order valence-corrected chi connectivity index (χ4v) is 0.637. The Kier molecular flexibility index (Phi) is 5.07. The Labute approximate surface area is 67.1 Å². The number of carbonyl (C=O) groups is 1. The molecule has 0 aliphatic heterocycles. The molecule has 0 saturated carbocycles. The van der Waals surface area contributed by atoms with Crippen LogP contribution in [0.4, 0.5) is 0 Å². The second-order valence-corrected chi connectivity index (χ2v) is 1.94. The minimum atomic E-state index is 0.146. The van der Waals surface area contributed by atoms with E-state index in [9.17, 15) is 4.79 Å². The number of hydrogen-bond donors (Lipinski definition) is 0. The van der Waals surface area contributed by atoms with Crippen molar-refractivity contribution in [3.8, 4) is 0 Å². The first kappa shape index (κ1) is 9.88. The Morgan fingerprint density at radius 1 is 1.55 bits per heavy atom. The number of hydrogen-bond acceptors (Lipinski definition) is 2. The van der Waals surface area contributed by atoms with Crippen LogP contribution in [0.1, 0.15) is 20.8 Å². The summed E-state index contributed by atoms with van der Waals surface area (Å²) in [6.45, 7) is 5.99. The van der Waals surface area contributed by atoms with Crippen molar-refractivity contribution in [2.45, 2.75) is 27.3 Å². The van der Waals surface area contributed by atoms with E-state index in [0.717, 1.165) is 0 Å². The van der Waals surface area contributed by atoms with Crippen LogP contribution in [0.3, 0.4) is 0 Å². The number of Topliss-reactive ketones (excluding diaryl/α,β-unsaturated/α-hetero) is 1. The van der Waals surface area contributed by atoms with Gasteiger partial charge in [0.05, 0.1) is 12.9 Å². The normalized spacial score (nSPS) is 8.27. The number of rotatable bonds is 2. The quantitative estimate of drug-likeness (QED) is 0.647. The Bertz CT molecular complexity index is 192. The van der Waals surface area contributed by atoms with Crippen LogP contribution in [0, 0.1) is 0 Å². The van der Waals surface area contributed by atoms with Crippen LogP contribution >= 0.6 is 0 Å². The van der Waals surface area contributed by atoms with Crippen molar-refractivity contribution in [3.05, 3.63) is 18.7 Å². The summed E-state index contributed by atoms with van der Waals surface area (Å²) in [5.74, 6) is 0.146. The minimum absolute atomic E-state index is 0.146. The third-order valence-electron chi connectivity index (χ3n) is 0.964. The van der Waals surface area contributed by atoms with E-state index in [-0.39, 0.29) is 5.78 Å². The molecule has 0 spiro atoms. The van der Waals surface area contributed by atoms with Gasteiger partial charge in [0.15, 0.2) is 0 Å². The van der Waals surface area contributed by atoms with Gasteiger partial charge in [-0.05, 0) is 6.92 Å².